The van der Waals surface area contributed by atoms with E-state index in [4.69, 9.17) is 5.11 Å². The normalized spacial score (nSPS) is 12.8. The van der Waals surface area contributed by atoms with Crippen LogP contribution in [0, 0.1) is 5.82 Å². The highest BCUT2D eigenvalue weighted by atomic mass is 19.1. The second kappa shape index (κ2) is 4.20. The predicted octanol–water partition coefficient (Wildman–Crippen LogP) is 0.784. The smallest absolute Gasteiger partial charge is 0.131 e. The van der Waals surface area contributed by atoms with Crippen LogP contribution in [0.15, 0.2) is 18.2 Å². The molecular weight excluding hydrogens is 173 g/mol. The number of benzene rings is 1. The molecule has 0 aliphatic carbocycles. The van der Waals surface area contributed by atoms with E-state index < -0.39 is 11.9 Å². The van der Waals surface area contributed by atoms with Crippen LogP contribution in [0.1, 0.15) is 11.6 Å². The van der Waals surface area contributed by atoms with Crippen molar-refractivity contribution >= 4 is 0 Å². The molecule has 0 saturated heterocycles. The summed E-state index contributed by atoms with van der Waals surface area (Å²) in [7, 11) is 1.59. The van der Waals surface area contributed by atoms with Crippen LogP contribution in [0.3, 0.4) is 0 Å². The number of aliphatic hydroxyl groups excluding tert-OH is 1. The fourth-order valence-corrected chi connectivity index (χ4v) is 1.20. The fraction of sp³-hybridized carbons (Fsp3) is 0.333. The Morgan fingerprint density at radius 2 is 2.23 bits per heavy atom. The van der Waals surface area contributed by atoms with Crippen molar-refractivity contribution in [2.24, 2.45) is 0 Å². The predicted molar refractivity (Wildman–Crippen MR) is 47.0 cm³/mol. The maximum absolute atomic E-state index is 13.2. The molecule has 1 aromatic carbocycles. The number of hydrogen-bond donors (Lipinski definition) is 3. The van der Waals surface area contributed by atoms with Crippen LogP contribution in [0.4, 0.5) is 4.39 Å². The van der Waals surface area contributed by atoms with Gasteiger partial charge in [-0.1, -0.05) is 6.07 Å². The number of phenols is 1. The molecule has 3 N–H and O–H groups in total. The molecular formula is C9H12FNO2. The maximum Gasteiger partial charge on any atom is 0.131 e. The Labute approximate surface area is 75.8 Å². The van der Waals surface area contributed by atoms with E-state index in [1.165, 1.54) is 18.2 Å². The van der Waals surface area contributed by atoms with Crippen molar-refractivity contribution in [2.45, 2.75) is 6.04 Å². The van der Waals surface area contributed by atoms with Crippen molar-refractivity contribution in [3.63, 3.8) is 0 Å². The molecule has 0 fully saturated rings. The van der Waals surface area contributed by atoms with Crippen LogP contribution in [0.2, 0.25) is 0 Å². The molecule has 13 heavy (non-hydrogen) atoms. The van der Waals surface area contributed by atoms with Crippen molar-refractivity contribution in [2.75, 3.05) is 13.7 Å². The van der Waals surface area contributed by atoms with Crippen molar-refractivity contribution < 1.29 is 14.6 Å². The quantitative estimate of drug-likeness (QED) is 0.652. The third-order valence-electron chi connectivity index (χ3n) is 1.91. The molecule has 0 heterocycles. The molecule has 1 aromatic rings. The monoisotopic (exact) mass is 185 g/mol. The zero-order chi connectivity index (χ0) is 9.84. The van der Waals surface area contributed by atoms with Gasteiger partial charge in [0.2, 0.25) is 0 Å². The molecule has 0 amide bonds. The first-order chi connectivity index (χ1) is 6.20. The van der Waals surface area contributed by atoms with Gasteiger partial charge in [-0.3, -0.25) is 0 Å². The van der Waals surface area contributed by atoms with Crippen LogP contribution < -0.4 is 5.32 Å². The summed E-state index contributed by atoms with van der Waals surface area (Å²) in [5.41, 5.74) is 0.104. The molecule has 0 aromatic heterocycles. The Balaban J connectivity index is 3.10. The average molecular weight is 185 g/mol. The fourth-order valence-electron chi connectivity index (χ4n) is 1.20. The van der Waals surface area contributed by atoms with Gasteiger partial charge in [-0.25, -0.2) is 4.39 Å². The molecule has 0 saturated carbocycles. The van der Waals surface area contributed by atoms with Gasteiger partial charge in [-0.05, 0) is 19.2 Å². The average Bonchev–Trinajstić information content (AvgIpc) is 2.11. The van der Waals surface area contributed by atoms with Crippen LogP contribution >= 0.6 is 0 Å². The minimum absolute atomic E-state index is 0.104. The molecule has 1 atom stereocenters. The molecule has 3 nitrogen and oxygen atoms in total. The number of aliphatic hydroxyl groups is 1. The van der Waals surface area contributed by atoms with Gasteiger partial charge in [0.1, 0.15) is 11.6 Å². The third kappa shape index (κ3) is 1.96. The van der Waals surface area contributed by atoms with Crippen molar-refractivity contribution in [1.82, 2.24) is 5.32 Å². The minimum atomic E-state index is -0.568. The highest BCUT2D eigenvalue weighted by molar-refractivity contribution is 5.35. The van der Waals surface area contributed by atoms with E-state index in [2.05, 4.69) is 5.32 Å². The van der Waals surface area contributed by atoms with E-state index in [0.717, 1.165) is 0 Å². The Morgan fingerprint density at radius 3 is 2.69 bits per heavy atom. The largest absolute Gasteiger partial charge is 0.507 e. The van der Waals surface area contributed by atoms with E-state index in [-0.39, 0.29) is 17.9 Å². The highest BCUT2D eigenvalue weighted by Gasteiger charge is 2.16. The molecule has 0 unspecified atom stereocenters. The zero-order valence-corrected chi connectivity index (χ0v) is 7.29. The van der Waals surface area contributed by atoms with Gasteiger partial charge in [0, 0.05) is 5.56 Å². The first-order valence-corrected chi connectivity index (χ1v) is 3.96. The number of hydrogen-bond acceptors (Lipinski definition) is 3. The molecule has 72 valence electrons. The maximum atomic E-state index is 13.2. The van der Waals surface area contributed by atoms with Gasteiger partial charge in [0.25, 0.3) is 0 Å². The first-order valence-electron chi connectivity index (χ1n) is 3.96. The van der Waals surface area contributed by atoms with E-state index in [9.17, 15) is 9.50 Å². The lowest BCUT2D eigenvalue weighted by molar-refractivity contribution is 0.244. The summed E-state index contributed by atoms with van der Waals surface area (Å²) in [6.07, 6.45) is 0. The minimum Gasteiger partial charge on any atom is -0.507 e. The van der Waals surface area contributed by atoms with E-state index >= 15 is 0 Å². The SMILES string of the molecule is CN[C@H](CO)c1c(O)cccc1F. The van der Waals surface area contributed by atoms with Crippen LogP contribution in [-0.2, 0) is 0 Å². The zero-order valence-electron chi connectivity index (χ0n) is 7.29. The summed E-state index contributed by atoms with van der Waals surface area (Å²) in [6, 6.07) is 3.48. The van der Waals surface area contributed by atoms with E-state index in [0.29, 0.717) is 0 Å². The topological polar surface area (TPSA) is 52.5 Å². The summed E-state index contributed by atoms with van der Waals surface area (Å²) in [6.45, 7) is -0.259. The van der Waals surface area contributed by atoms with Crippen molar-refractivity contribution in [3.05, 3.63) is 29.6 Å². The van der Waals surface area contributed by atoms with Gasteiger partial charge in [-0.15, -0.1) is 0 Å². The molecule has 0 radical (unpaired) electrons. The number of nitrogens with one attached hydrogen (secondary N) is 1. The molecule has 0 aliphatic heterocycles. The second-order valence-corrected chi connectivity index (χ2v) is 2.70. The molecule has 1 rings (SSSR count). The summed E-state index contributed by atoms with van der Waals surface area (Å²) < 4.78 is 13.2. The van der Waals surface area contributed by atoms with Gasteiger partial charge in [0.15, 0.2) is 0 Å². The first kappa shape index (κ1) is 9.95. The van der Waals surface area contributed by atoms with Gasteiger partial charge >= 0.3 is 0 Å². The number of aromatic hydroxyl groups is 1. The Morgan fingerprint density at radius 1 is 1.54 bits per heavy atom. The number of rotatable bonds is 3. The summed E-state index contributed by atoms with van der Waals surface area (Å²) in [5, 5.41) is 20.9. The van der Waals surface area contributed by atoms with Crippen LogP contribution in [-0.4, -0.2) is 23.9 Å². The lowest BCUT2D eigenvalue weighted by atomic mass is 10.1. The summed E-state index contributed by atoms with van der Waals surface area (Å²) in [5.74, 6) is -0.665. The lowest BCUT2D eigenvalue weighted by Gasteiger charge is -2.15. The molecule has 0 spiro atoms. The Hall–Kier alpha value is -1.13. The molecule has 4 heteroatoms. The summed E-state index contributed by atoms with van der Waals surface area (Å²) in [4.78, 5) is 0. The highest BCUT2D eigenvalue weighted by Crippen LogP contribution is 2.26. The van der Waals surface area contributed by atoms with Crippen molar-refractivity contribution in [1.29, 1.82) is 0 Å². The van der Waals surface area contributed by atoms with E-state index in [1.54, 1.807) is 7.05 Å². The van der Waals surface area contributed by atoms with Crippen molar-refractivity contribution in [3.8, 4) is 5.75 Å². The van der Waals surface area contributed by atoms with Crippen LogP contribution in [0.5, 0.6) is 5.75 Å². The van der Waals surface area contributed by atoms with Gasteiger partial charge < -0.3 is 15.5 Å². The van der Waals surface area contributed by atoms with E-state index in [1.807, 2.05) is 0 Å². The Bertz CT molecular complexity index is 267. The summed E-state index contributed by atoms with van der Waals surface area (Å²) >= 11 is 0. The third-order valence-corrected chi connectivity index (χ3v) is 1.91. The second-order valence-electron chi connectivity index (χ2n) is 2.70. The van der Waals surface area contributed by atoms with Crippen LogP contribution in [0.25, 0.3) is 0 Å². The standard InChI is InChI=1S/C9H12FNO2/c1-11-7(5-12)9-6(10)3-2-4-8(9)13/h2-4,7,11-13H,5H2,1H3/t7-/m1/s1. The molecule has 0 bridgehead atoms. The van der Waals surface area contributed by atoms with Gasteiger partial charge in [0.05, 0.1) is 12.6 Å². The number of likely N-dealkylation sites (N-methyl/N-ethyl adjacent to an activating group) is 1. The number of phenolic OH excluding ortho intramolecular Hbond substituents is 1. The molecule has 0 aliphatic rings. The Kier molecular flexibility index (Phi) is 3.22. The number of halogens is 1. The lowest BCUT2D eigenvalue weighted by Crippen LogP contribution is -2.21. The van der Waals surface area contributed by atoms with Gasteiger partial charge in [-0.2, -0.15) is 0 Å².